The lowest BCUT2D eigenvalue weighted by Gasteiger charge is -2.28. The highest BCUT2D eigenvalue weighted by molar-refractivity contribution is 9.10. The molecule has 0 saturated carbocycles. The van der Waals surface area contributed by atoms with Crippen LogP contribution >= 0.6 is 27.5 Å². The number of nitrogens with zero attached hydrogens (tertiary/aromatic N) is 1. The van der Waals surface area contributed by atoms with E-state index < -0.39 is 29.6 Å². The minimum absolute atomic E-state index is 0.167. The highest BCUT2D eigenvalue weighted by Crippen LogP contribution is 2.41. The molecule has 6 nitrogen and oxygen atoms in total. The zero-order chi connectivity index (χ0) is 19.2. The molecule has 2 heterocycles. The van der Waals surface area contributed by atoms with Crippen molar-refractivity contribution in [3.63, 3.8) is 0 Å². The molecule has 0 radical (unpaired) electrons. The lowest BCUT2D eigenvalue weighted by Crippen LogP contribution is -2.37. The number of fused-ring (bicyclic) bond motifs is 1. The molecule has 1 aromatic rings. The number of carbonyl (C=O) groups is 3. The van der Waals surface area contributed by atoms with E-state index in [9.17, 15) is 14.4 Å². The van der Waals surface area contributed by atoms with Gasteiger partial charge in [0.1, 0.15) is 5.60 Å². The molecule has 3 rings (SSSR count). The second kappa shape index (κ2) is 6.85. The number of likely N-dealkylation sites (tertiary alicyclic amines) is 1. The topological polar surface area (TPSA) is 72.9 Å². The Kier molecular flexibility index (Phi) is 5.05. The molecule has 1 fully saturated rings. The van der Waals surface area contributed by atoms with Gasteiger partial charge in [0.15, 0.2) is 0 Å². The van der Waals surface area contributed by atoms with Crippen LogP contribution in [0, 0.1) is 5.92 Å². The molecular weight excluding hydrogens is 426 g/mol. The van der Waals surface area contributed by atoms with Gasteiger partial charge in [-0.15, -0.1) is 0 Å². The molecule has 2 atom stereocenters. The van der Waals surface area contributed by atoms with Crippen LogP contribution in [-0.2, 0) is 14.3 Å². The predicted octanol–water partition coefficient (Wildman–Crippen LogP) is 4.14. The summed E-state index contributed by atoms with van der Waals surface area (Å²) >= 11 is 9.45. The standard InChI is InChI=1S/C18H19BrClNO5/c1-18(2,3)26-17(24)21-5-4-9(8-21)14-10-7-13(20)12(19)6-11(10)15(22)25-16(14)23/h6-7,9,14H,4-5,8H2,1-3H3. The van der Waals surface area contributed by atoms with Crippen LogP contribution in [0.2, 0.25) is 5.02 Å². The van der Waals surface area contributed by atoms with Crippen LogP contribution in [0.15, 0.2) is 16.6 Å². The zero-order valence-corrected chi connectivity index (χ0v) is 17.0. The van der Waals surface area contributed by atoms with E-state index in [1.165, 1.54) is 0 Å². The third kappa shape index (κ3) is 3.74. The minimum atomic E-state index is -0.680. The van der Waals surface area contributed by atoms with Crippen LogP contribution in [0.5, 0.6) is 0 Å². The van der Waals surface area contributed by atoms with Gasteiger partial charge in [0.05, 0.1) is 16.5 Å². The largest absolute Gasteiger partial charge is 0.444 e. The van der Waals surface area contributed by atoms with E-state index in [0.717, 1.165) is 0 Å². The van der Waals surface area contributed by atoms with Crippen molar-refractivity contribution in [1.29, 1.82) is 0 Å². The maximum atomic E-state index is 12.4. The number of hydrogen-bond acceptors (Lipinski definition) is 5. The van der Waals surface area contributed by atoms with Crippen molar-refractivity contribution in [2.75, 3.05) is 13.1 Å². The van der Waals surface area contributed by atoms with Gasteiger partial charge in [-0.05, 0) is 66.7 Å². The maximum absolute atomic E-state index is 12.4. The monoisotopic (exact) mass is 443 g/mol. The van der Waals surface area contributed by atoms with Gasteiger partial charge in [-0.25, -0.2) is 9.59 Å². The first kappa shape index (κ1) is 19.2. The molecule has 2 unspecified atom stereocenters. The number of cyclic esters (lactones) is 2. The number of amides is 1. The maximum Gasteiger partial charge on any atom is 0.410 e. The molecule has 0 spiro atoms. The summed E-state index contributed by atoms with van der Waals surface area (Å²) in [6.45, 7) is 6.25. The molecule has 140 valence electrons. The molecule has 1 aromatic carbocycles. The summed E-state index contributed by atoms with van der Waals surface area (Å²) in [5.41, 5.74) is 0.287. The highest BCUT2D eigenvalue weighted by atomic mass is 79.9. The number of esters is 2. The molecule has 0 aliphatic carbocycles. The summed E-state index contributed by atoms with van der Waals surface area (Å²) in [6, 6.07) is 3.19. The summed E-state index contributed by atoms with van der Waals surface area (Å²) in [6.07, 6.45) is 0.203. The van der Waals surface area contributed by atoms with Gasteiger partial charge >= 0.3 is 18.0 Å². The fraction of sp³-hybridized carbons (Fsp3) is 0.500. The van der Waals surface area contributed by atoms with Crippen LogP contribution in [0.1, 0.15) is 49.0 Å². The van der Waals surface area contributed by atoms with E-state index in [1.807, 2.05) is 0 Å². The van der Waals surface area contributed by atoms with E-state index >= 15 is 0 Å². The number of rotatable bonds is 1. The fourth-order valence-electron chi connectivity index (χ4n) is 3.33. The summed E-state index contributed by atoms with van der Waals surface area (Å²) in [5.74, 6) is -2.09. The average Bonchev–Trinajstić information content (AvgIpc) is 2.97. The molecule has 26 heavy (non-hydrogen) atoms. The van der Waals surface area contributed by atoms with Crippen LogP contribution in [0.4, 0.5) is 4.79 Å². The number of hydrogen-bond donors (Lipinski definition) is 0. The zero-order valence-electron chi connectivity index (χ0n) is 14.7. The molecule has 2 aliphatic rings. The highest BCUT2D eigenvalue weighted by Gasteiger charge is 2.44. The molecule has 1 saturated heterocycles. The van der Waals surface area contributed by atoms with Crippen molar-refractivity contribution >= 4 is 45.6 Å². The van der Waals surface area contributed by atoms with Crippen LogP contribution in [0.25, 0.3) is 0 Å². The molecule has 2 aliphatic heterocycles. The van der Waals surface area contributed by atoms with E-state index in [4.69, 9.17) is 21.1 Å². The summed E-state index contributed by atoms with van der Waals surface area (Å²) < 4.78 is 10.9. The Morgan fingerprint density at radius 2 is 2.04 bits per heavy atom. The van der Waals surface area contributed by atoms with Crippen molar-refractivity contribution in [1.82, 2.24) is 4.90 Å². The molecule has 0 N–H and O–H groups in total. The average molecular weight is 445 g/mol. The smallest absolute Gasteiger partial charge is 0.410 e. The lowest BCUT2D eigenvalue weighted by molar-refractivity contribution is -0.141. The SMILES string of the molecule is CC(C)(C)OC(=O)N1CCC(C2C(=O)OC(=O)c3cc(Br)c(Cl)cc32)C1. The van der Waals surface area contributed by atoms with Crippen LogP contribution in [0.3, 0.4) is 0 Å². The Labute approximate surface area is 164 Å². The first-order chi connectivity index (χ1) is 12.1. The number of carbonyl (C=O) groups excluding carboxylic acids is 3. The predicted molar refractivity (Wildman–Crippen MR) is 98.2 cm³/mol. The van der Waals surface area contributed by atoms with E-state index in [2.05, 4.69) is 15.9 Å². The Balaban J connectivity index is 1.85. The van der Waals surface area contributed by atoms with Gasteiger partial charge in [0.2, 0.25) is 0 Å². The van der Waals surface area contributed by atoms with Gasteiger partial charge in [-0.3, -0.25) is 4.79 Å². The van der Waals surface area contributed by atoms with Crippen molar-refractivity contribution in [3.8, 4) is 0 Å². The van der Waals surface area contributed by atoms with Gasteiger partial charge < -0.3 is 14.4 Å². The number of ether oxygens (including phenoxy) is 2. The van der Waals surface area contributed by atoms with Gasteiger partial charge in [-0.1, -0.05) is 11.6 Å². The van der Waals surface area contributed by atoms with Crippen LogP contribution < -0.4 is 0 Å². The molecule has 0 aromatic heterocycles. The summed E-state index contributed by atoms with van der Waals surface area (Å²) in [5, 5.41) is 0.415. The van der Waals surface area contributed by atoms with E-state index in [0.29, 0.717) is 40.1 Å². The van der Waals surface area contributed by atoms with Gasteiger partial charge in [-0.2, -0.15) is 0 Å². The van der Waals surface area contributed by atoms with E-state index in [1.54, 1.807) is 37.8 Å². The third-order valence-corrected chi connectivity index (χ3v) is 5.64. The Bertz CT molecular complexity index is 789. The van der Waals surface area contributed by atoms with Crippen molar-refractivity contribution in [2.45, 2.75) is 38.7 Å². The number of benzene rings is 1. The Morgan fingerprint density at radius 1 is 1.35 bits per heavy atom. The summed E-state index contributed by atoms with van der Waals surface area (Å²) in [7, 11) is 0. The van der Waals surface area contributed by atoms with Crippen molar-refractivity contribution in [2.24, 2.45) is 5.92 Å². The van der Waals surface area contributed by atoms with Gasteiger partial charge in [0, 0.05) is 17.6 Å². The molecular formula is C18H19BrClNO5. The van der Waals surface area contributed by atoms with Crippen LogP contribution in [-0.4, -0.2) is 41.6 Å². The first-order valence-electron chi connectivity index (χ1n) is 8.29. The second-order valence-electron chi connectivity index (χ2n) is 7.51. The lowest BCUT2D eigenvalue weighted by atomic mass is 9.81. The molecule has 0 bridgehead atoms. The van der Waals surface area contributed by atoms with E-state index in [-0.39, 0.29) is 5.92 Å². The van der Waals surface area contributed by atoms with Crippen molar-refractivity contribution in [3.05, 3.63) is 32.8 Å². The quantitative estimate of drug-likeness (QED) is 0.481. The molecule has 8 heteroatoms. The fourth-order valence-corrected chi connectivity index (χ4v) is 3.85. The summed E-state index contributed by atoms with van der Waals surface area (Å²) in [4.78, 5) is 38.3. The first-order valence-corrected chi connectivity index (χ1v) is 9.47. The minimum Gasteiger partial charge on any atom is -0.444 e. The normalized spacial score (nSPS) is 22.9. The Hall–Kier alpha value is -1.60. The Morgan fingerprint density at radius 3 is 2.69 bits per heavy atom. The van der Waals surface area contributed by atoms with Gasteiger partial charge in [0.25, 0.3) is 0 Å². The second-order valence-corrected chi connectivity index (χ2v) is 8.78. The number of halogens is 2. The van der Waals surface area contributed by atoms with Crippen molar-refractivity contribution < 1.29 is 23.9 Å². The third-order valence-electron chi connectivity index (χ3n) is 4.44. The molecule has 1 amide bonds.